The van der Waals surface area contributed by atoms with E-state index in [4.69, 9.17) is 14.2 Å². The first kappa shape index (κ1) is 28.1. The van der Waals surface area contributed by atoms with Crippen LogP contribution in [0.2, 0.25) is 0 Å². The average molecular weight is 545 g/mol. The van der Waals surface area contributed by atoms with Gasteiger partial charge in [-0.15, -0.1) is 0 Å². The summed E-state index contributed by atoms with van der Waals surface area (Å²) in [5.74, 6) is 1.57. The highest BCUT2D eigenvalue weighted by molar-refractivity contribution is 6.01. The molecule has 40 heavy (non-hydrogen) atoms. The number of rotatable bonds is 6. The van der Waals surface area contributed by atoms with Gasteiger partial charge < -0.3 is 24.2 Å². The Morgan fingerprint density at radius 1 is 0.975 bits per heavy atom. The van der Waals surface area contributed by atoms with Crippen LogP contribution in [-0.2, 0) is 17.9 Å². The van der Waals surface area contributed by atoms with Gasteiger partial charge in [-0.2, -0.15) is 0 Å². The zero-order valence-corrected chi connectivity index (χ0v) is 23.7. The smallest absolute Gasteiger partial charge is 0.254 e. The Morgan fingerprint density at radius 2 is 1.70 bits per heavy atom. The van der Waals surface area contributed by atoms with Gasteiger partial charge in [0.25, 0.3) is 5.91 Å². The van der Waals surface area contributed by atoms with E-state index in [-0.39, 0.29) is 30.6 Å². The molecule has 2 aliphatic heterocycles. The van der Waals surface area contributed by atoms with Crippen LogP contribution in [0.4, 0.5) is 0 Å². The molecule has 212 valence electrons. The standard InChI is InChI=1S/C33H40N2O5/c1-23-18-35(24(2)21-36)33(37)29-14-7-6-13-28(29)27-12-5-4-10-26(27)22-40-31(23)20-34(3)19-25-11-8-15-30-32(25)39-17-9-16-38-30/h4-8,10-15,23-24,31,36H,9,16-22H2,1-3H3/t23-,24+,31+/m0/s1. The summed E-state index contributed by atoms with van der Waals surface area (Å²) in [6.07, 6.45) is 0.712. The van der Waals surface area contributed by atoms with Crippen LogP contribution in [0, 0.1) is 5.92 Å². The maximum absolute atomic E-state index is 14.0. The van der Waals surface area contributed by atoms with Crippen molar-refractivity contribution in [3.05, 3.63) is 83.4 Å². The fourth-order valence-corrected chi connectivity index (χ4v) is 5.59. The van der Waals surface area contributed by atoms with Crippen LogP contribution in [0.5, 0.6) is 11.5 Å². The van der Waals surface area contributed by atoms with E-state index < -0.39 is 0 Å². The Morgan fingerprint density at radius 3 is 2.50 bits per heavy atom. The molecule has 0 spiro atoms. The number of amides is 1. The van der Waals surface area contributed by atoms with Gasteiger partial charge in [0.15, 0.2) is 11.5 Å². The molecule has 5 rings (SSSR count). The Kier molecular flexibility index (Phi) is 9.04. The molecule has 3 atom stereocenters. The number of aliphatic hydroxyl groups excluding tert-OH is 1. The van der Waals surface area contributed by atoms with Crippen molar-refractivity contribution in [1.29, 1.82) is 0 Å². The average Bonchev–Trinajstić information content (AvgIpc) is 3.24. The Labute approximate surface area is 237 Å². The van der Waals surface area contributed by atoms with Crippen LogP contribution < -0.4 is 9.47 Å². The monoisotopic (exact) mass is 544 g/mol. The van der Waals surface area contributed by atoms with Crippen LogP contribution in [0.1, 0.15) is 41.8 Å². The summed E-state index contributed by atoms with van der Waals surface area (Å²) in [5, 5.41) is 10.1. The van der Waals surface area contributed by atoms with Gasteiger partial charge in [-0.1, -0.05) is 61.5 Å². The quantitative estimate of drug-likeness (QED) is 0.471. The molecule has 3 aromatic carbocycles. The fourth-order valence-electron chi connectivity index (χ4n) is 5.59. The molecule has 1 N–H and O–H groups in total. The summed E-state index contributed by atoms with van der Waals surface area (Å²) in [7, 11) is 2.08. The molecule has 0 unspecified atom stereocenters. The van der Waals surface area contributed by atoms with E-state index >= 15 is 0 Å². The number of carbonyl (C=O) groups is 1. The van der Waals surface area contributed by atoms with Crippen LogP contribution in [0.3, 0.4) is 0 Å². The molecule has 0 aliphatic carbocycles. The van der Waals surface area contributed by atoms with Crippen LogP contribution in [-0.4, -0.2) is 72.9 Å². The van der Waals surface area contributed by atoms with Crippen LogP contribution in [0.15, 0.2) is 66.7 Å². The second kappa shape index (κ2) is 12.9. The Hall–Kier alpha value is -3.39. The molecule has 0 fully saturated rings. The van der Waals surface area contributed by atoms with Gasteiger partial charge in [-0.05, 0) is 42.8 Å². The second-order valence-electron chi connectivity index (χ2n) is 11.0. The minimum atomic E-state index is -0.325. The predicted molar refractivity (Wildman–Crippen MR) is 156 cm³/mol. The molecule has 2 aliphatic rings. The van der Waals surface area contributed by atoms with E-state index in [0.717, 1.165) is 40.2 Å². The first-order chi connectivity index (χ1) is 19.5. The Bertz CT molecular complexity index is 1310. The zero-order chi connectivity index (χ0) is 28.1. The third kappa shape index (κ3) is 6.17. The molecule has 1 amide bonds. The zero-order valence-electron chi connectivity index (χ0n) is 23.7. The van der Waals surface area contributed by atoms with E-state index in [9.17, 15) is 9.90 Å². The van der Waals surface area contributed by atoms with E-state index in [0.29, 0.717) is 45.0 Å². The van der Waals surface area contributed by atoms with Crippen molar-refractivity contribution >= 4 is 5.91 Å². The molecule has 7 nitrogen and oxygen atoms in total. The molecule has 0 saturated carbocycles. The first-order valence-electron chi connectivity index (χ1n) is 14.2. The lowest BCUT2D eigenvalue weighted by Gasteiger charge is -2.35. The first-order valence-corrected chi connectivity index (χ1v) is 14.2. The summed E-state index contributed by atoms with van der Waals surface area (Å²) < 4.78 is 18.6. The van der Waals surface area contributed by atoms with Crippen LogP contribution >= 0.6 is 0 Å². The van der Waals surface area contributed by atoms with Crippen molar-refractivity contribution in [2.24, 2.45) is 5.92 Å². The van der Waals surface area contributed by atoms with Crippen molar-refractivity contribution in [3.8, 4) is 22.6 Å². The number of likely N-dealkylation sites (N-methyl/N-ethyl adjacent to an activating group) is 1. The SMILES string of the molecule is C[C@H](CO)N1C[C@H](C)[C@@H](CN(C)Cc2cccc3c2OCCCO3)OCc2ccccc2-c2ccccc2C1=O. The number of nitrogens with zero attached hydrogens (tertiary/aromatic N) is 2. The summed E-state index contributed by atoms with van der Waals surface area (Å²) >= 11 is 0. The topological polar surface area (TPSA) is 71.5 Å². The van der Waals surface area contributed by atoms with Gasteiger partial charge in [0.1, 0.15) is 0 Å². The largest absolute Gasteiger partial charge is 0.490 e. The lowest BCUT2D eigenvalue weighted by atomic mass is 9.94. The molecule has 0 radical (unpaired) electrons. The molecular formula is C33H40N2O5. The third-order valence-corrected chi connectivity index (χ3v) is 7.88. The molecular weight excluding hydrogens is 504 g/mol. The number of para-hydroxylation sites is 1. The summed E-state index contributed by atoms with van der Waals surface area (Å²) in [6.45, 7) is 7.47. The molecule has 3 aromatic rings. The molecule has 2 heterocycles. The van der Waals surface area contributed by atoms with E-state index in [1.54, 1.807) is 4.90 Å². The van der Waals surface area contributed by atoms with Crippen molar-refractivity contribution in [1.82, 2.24) is 9.80 Å². The predicted octanol–water partition coefficient (Wildman–Crippen LogP) is 5.00. The molecule has 0 saturated heterocycles. The number of hydrogen-bond donors (Lipinski definition) is 1. The lowest BCUT2D eigenvalue weighted by Crippen LogP contribution is -2.47. The number of benzene rings is 3. The number of hydrogen-bond acceptors (Lipinski definition) is 6. The molecule has 7 heteroatoms. The summed E-state index contributed by atoms with van der Waals surface area (Å²) in [6, 6.07) is 21.6. The van der Waals surface area contributed by atoms with E-state index in [1.165, 1.54) is 0 Å². The maximum Gasteiger partial charge on any atom is 0.254 e. The van der Waals surface area contributed by atoms with Crippen LogP contribution in [0.25, 0.3) is 11.1 Å². The van der Waals surface area contributed by atoms with Gasteiger partial charge in [-0.3, -0.25) is 9.69 Å². The summed E-state index contributed by atoms with van der Waals surface area (Å²) in [5.41, 5.74) is 4.65. The number of aliphatic hydroxyl groups is 1. The van der Waals surface area contributed by atoms with Gasteiger partial charge in [0, 0.05) is 43.1 Å². The molecule has 0 bridgehead atoms. The van der Waals surface area contributed by atoms with Gasteiger partial charge in [0.2, 0.25) is 0 Å². The number of ether oxygens (including phenoxy) is 3. The van der Waals surface area contributed by atoms with Gasteiger partial charge in [0.05, 0.1) is 38.6 Å². The minimum Gasteiger partial charge on any atom is -0.490 e. The van der Waals surface area contributed by atoms with Crippen molar-refractivity contribution < 1.29 is 24.1 Å². The number of carbonyl (C=O) groups excluding carboxylic acids is 1. The fraction of sp³-hybridized carbons (Fsp3) is 0.424. The van der Waals surface area contributed by atoms with Crippen molar-refractivity contribution in [2.75, 3.05) is 40.0 Å². The normalized spacial score (nSPS) is 20.2. The van der Waals surface area contributed by atoms with E-state index in [2.05, 4.69) is 37.1 Å². The lowest BCUT2D eigenvalue weighted by molar-refractivity contribution is -0.0241. The van der Waals surface area contributed by atoms with Gasteiger partial charge >= 0.3 is 0 Å². The highest BCUT2D eigenvalue weighted by Gasteiger charge is 2.31. The summed E-state index contributed by atoms with van der Waals surface area (Å²) in [4.78, 5) is 18.0. The van der Waals surface area contributed by atoms with Crippen molar-refractivity contribution in [3.63, 3.8) is 0 Å². The minimum absolute atomic E-state index is 0.0188. The van der Waals surface area contributed by atoms with E-state index in [1.807, 2.05) is 55.5 Å². The molecule has 0 aromatic heterocycles. The van der Waals surface area contributed by atoms with Gasteiger partial charge in [-0.25, -0.2) is 0 Å². The highest BCUT2D eigenvalue weighted by Crippen LogP contribution is 2.34. The number of fused-ring (bicyclic) bond motifs is 4. The van der Waals surface area contributed by atoms with Crippen molar-refractivity contribution in [2.45, 2.75) is 45.6 Å². The maximum atomic E-state index is 14.0. The highest BCUT2D eigenvalue weighted by atomic mass is 16.5. The second-order valence-corrected chi connectivity index (χ2v) is 11.0. The Balaban J connectivity index is 1.44. The third-order valence-electron chi connectivity index (χ3n) is 7.88.